The van der Waals surface area contributed by atoms with Crippen LogP contribution in [-0.4, -0.2) is 36.6 Å². The molecule has 0 aliphatic carbocycles. The van der Waals surface area contributed by atoms with Crippen LogP contribution < -0.4 is 5.32 Å². The van der Waals surface area contributed by atoms with Gasteiger partial charge in [-0.1, -0.05) is 0 Å². The summed E-state index contributed by atoms with van der Waals surface area (Å²) in [6.45, 7) is 0.970. The lowest BCUT2D eigenvalue weighted by Gasteiger charge is -2.16. The highest BCUT2D eigenvalue weighted by Crippen LogP contribution is 2.33. The zero-order valence-corrected chi connectivity index (χ0v) is 12.8. The largest absolute Gasteiger partial charge is 0.506 e. The van der Waals surface area contributed by atoms with E-state index >= 15 is 0 Å². The summed E-state index contributed by atoms with van der Waals surface area (Å²) >= 11 is 6.55. The molecule has 0 saturated heterocycles. The van der Waals surface area contributed by atoms with E-state index in [0.29, 0.717) is 22.0 Å². The lowest BCUT2D eigenvalue weighted by molar-refractivity contribution is -0.121. The van der Waals surface area contributed by atoms with Crippen LogP contribution in [0, 0.1) is 0 Å². The molecule has 0 spiro atoms. The van der Waals surface area contributed by atoms with Crippen molar-refractivity contribution >= 4 is 37.8 Å². The van der Waals surface area contributed by atoms with E-state index < -0.39 is 0 Å². The summed E-state index contributed by atoms with van der Waals surface area (Å²) in [4.78, 5) is 13.1. The van der Waals surface area contributed by atoms with Gasteiger partial charge in [-0.2, -0.15) is 0 Å². The van der Waals surface area contributed by atoms with Crippen molar-refractivity contribution < 1.29 is 9.90 Å². The standard InChI is InChI=1S/C11H14Br2N2O2/c1-14-10(16)6-15(2)5-7-3-8(12)11(17)9(13)4-7/h3-4,17H,5-6H2,1-2H3,(H,14,16). The molecule has 17 heavy (non-hydrogen) atoms. The van der Waals surface area contributed by atoms with Crippen molar-refractivity contribution in [3.05, 3.63) is 26.6 Å². The van der Waals surface area contributed by atoms with Gasteiger partial charge in [-0.3, -0.25) is 9.69 Å². The third kappa shape index (κ3) is 4.29. The van der Waals surface area contributed by atoms with Gasteiger partial charge in [0, 0.05) is 13.6 Å². The zero-order valence-electron chi connectivity index (χ0n) is 9.63. The van der Waals surface area contributed by atoms with Crippen molar-refractivity contribution in [3.63, 3.8) is 0 Å². The lowest BCUT2D eigenvalue weighted by Crippen LogP contribution is -2.32. The number of hydrogen-bond donors (Lipinski definition) is 2. The van der Waals surface area contributed by atoms with Crippen LogP contribution in [0.3, 0.4) is 0 Å². The van der Waals surface area contributed by atoms with Crippen molar-refractivity contribution in [2.45, 2.75) is 6.54 Å². The minimum absolute atomic E-state index is 0.0237. The maximum atomic E-state index is 11.2. The molecule has 0 saturated carbocycles. The van der Waals surface area contributed by atoms with Crippen molar-refractivity contribution in [1.29, 1.82) is 0 Å². The first-order chi connectivity index (χ1) is 7.93. The third-order valence-corrected chi connectivity index (χ3v) is 3.43. The SMILES string of the molecule is CNC(=O)CN(C)Cc1cc(Br)c(O)c(Br)c1. The first-order valence-electron chi connectivity index (χ1n) is 5.00. The van der Waals surface area contributed by atoms with E-state index in [9.17, 15) is 9.90 Å². The van der Waals surface area contributed by atoms with E-state index in [2.05, 4.69) is 37.2 Å². The van der Waals surface area contributed by atoms with Crippen molar-refractivity contribution in [2.24, 2.45) is 0 Å². The topological polar surface area (TPSA) is 52.6 Å². The average molecular weight is 366 g/mol. The highest BCUT2D eigenvalue weighted by molar-refractivity contribution is 9.11. The Labute approximate surface area is 117 Å². The second kappa shape index (κ2) is 6.37. The van der Waals surface area contributed by atoms with E-state index in [1.807, 2.05) is 24.1 Å². The second-order valence-electron chi connectivity index (χ2n) is 3.75. The van der Waals surface area contributed by atoms with E-state index in [1.54, 1.807) is 7.05 Å². The number of likely N-dealkylation sites (N-methyl/N-ethyl adjacent to an activating group) is 2. The van der Waals surface area contributed by atoms with Gasteiger partial charge in [0.15, 0.2) is 0 Å². The lowest BCUT2D eigenvalue weighted by atomic mass is 10.2. The van der Waals surface area contributed by atoms with Crippen LogP contribution in [0.1, 0.15) is 5.56 Å². The monoisotopic (exact) mass is 364 g/mol. The zero-order chi connectivity index (χ0) is 13.0. The number of hydrogen-bond acceptors (Lipinski definition) is 3. The molecule has 0 fully saturated rings. The molecule has 0 aliphatic heterocycles. The Kier molecular flexibility index (Phi) is 5.42. The predicted molar refractivity (Wildman–Crippen MR) is 73.9 cm³/mol. The fourth-order valence-corrected chi connectivity index (χ4v) is 2.68. The molecule has 2 N–H and O–H groups in total. The third-order valence-electron chi connectivity index (χ3n) is 2.22. The van der Waals surface area contributed by atoms with Gasteiger partial charge >= 0.3 is 0 Å². The number of phenolic OH excluding ortho intramolecular Hbond substituents is 1. The number of carbonyl (C=O) groups is 1. The Morgan fingerprint density at radius 3 is 2.41 bits per heavy atom. The summed E-state index contributed by atoms with van der Waals surface area (Å²) in [5, 5.41) is 12.2. The van der Waals surface area contributed by atoms with Gasteiger partial charge < -0.3 is 10.4 Å². The van der Waals surface area contributed by atoms with Gasteiger partial charge in [-0.25, -0.2) is 0 Å². The van der Waals surface area contributed by atoms with Crippen LogP contribution in [0.2, 0.25) is 0 Å². The molecule has 1 amide bonds. The predicted octanol–water partition coefficient (Wildman–Crippen LogP) is 2.09. The van der Waals surface area contributed by atoms with Gasteiger partial charge in [-0.15, -0.1) is 0 Å². The van der Waals surface area contributed by atoms with Gasteiger partial charge in [0.1, 0.15) is 5.75 Å². The fraction of sp³-hybridized carbons (Fsp3) is 0.364. The van der Waals surface area contributed by atoms with E-state index in [-0.39, 0.29) is 11.7 Å². The van der Waals surface area contributed by atoms with E-state index in [1.165, 1.54) is 0 Å². The molecule has 0 aliphatic rings. The molecule has 6 heteroatoms. The molecule has 0 heterocycles. The average Bonchev–Trinajstić information content (AvgIpc) is 2.25. The first-order valence-corrected chi connectivity index (χ1v) is 6.58. The highest BCUT2D eigenvalue weighted by atomic mass is 79.9. The van der Waals surface area contributed by atoms with Gasteiger partial charge in [0.25, 0.3) is 0 Å². The Morgan fingerprint density at radius 1 is 1.41 bits per heavy atom. The summed E-state index contributed by atoms with van der Waals surface area (Å²) in [5.41, 5.74) is 1.01. The molecular formula is C11H14Br2N2O2. The second-order valence-corrected chi connectivity index (χ2v) is 5.46. The number of nitrogens with one attached hydrogen (secondary N) is 1. The number of phenols is 1. The van der Waals surface area contributed by atoms with E-state index in [0.717, 1.165) is 5.56 Å². The highest BCUT2D eigenvalue weighted by Gasteiger charge is 2.09. The minimum Gasteiger partial charge on any atom is -0.506 e. The molecule has 0 radical (unpaired) electrons. The van der Waals surface area contributed by atoms with Crippen molar-refractivity contribution in [2.75, 3.05) is 20.6 Å². The van der Waals surface area contributed by atoms with Crippen LogP contribution in [0.4, 0.5) is 0 Å². The first kappa shape index (κ1) is 14.5. The molecule has 1 aromatic rings. The summed E-state index contributed by atoms with van der Waals surface area (Å²) in [6, 6.07) is 3.67. The Morgan fingerprint density at radius 2 is 1.94 bits per heavy atom. The Hall–Kier alpha value is -0.590. The molecule has 0 atom stereocenters. The molecule has 94 valence electrons. The normalized spacial score (nSPS) is 10.6. The smallest absolute Gasteiger partial charge is 0.233 e. The number of halogens is 2. The molecular weight excluding hydrogens is 352 g/mol. The number of carbonyl (C=O) groups excluding carboxylic acids is 1. The molecule has 1 aromatic carbocycles. The summed E-state index contributed by atoms with van der Waals surface area (Å²) in [5.74, 6) is 0.159. The van der Waals surface area contributed by atoms with Gasteiger partial charge in [0.05, 0.1) is 15.5 Å². The maximum absolute atomic E-state index is 11.2. The van der Waals surface area contributed by atoms with Crippen molar-refractivity contribution in [3.8, 4) is 5.75 Å². The molecule has 0 bridgehead atoms. The van der Waals surface area contributed by atoms with E-state index in [4.69, 9.17) is 0 Å². The Balaban J connectivity index is 2.72. The van der Waals surface area contributed by atoms with Crippen molar-refractivity contribution in [1.82, 2.24) is 10.2 Å². The number of amides is 1. The number of benzene rings is 1. The number of rotatable bonds is 4. The Bertz CT molecular complexity index is 401. The summed E-state index contributed by atoms with van der Waals surface area (Å²) in [6.07, 6.45) is 0. The quantitative estimate of drug-likeness (QED) is 0.859. The molecule has 0 unspecified atom stereocenters. The van der Waals surface area contributed by atoms with Crippen LogP contribution in [0.15, 0.2) is 21.1 Å². The van der Waals surface area contributed by atoms with Crippen LogP contribution >= 0.6 is 31.9 Å². The summed E-state index contributed by atoms with van der Waals surface area (Å²) in [7, 11) is 3.48. The maximum Gasteiger partial charge on any atom is 0.233 e. The fourth-order valence-electron chi connectivity index (χ4n) is 1.40. The van der Waals surface area contributed by atoms with Crippen LogP contribution in [0.25, 0.3) is 0 Å². The van der Waals surface area contributed by atoms with Gasteiger partial charge in [-0.05, 0) is 56.6 Å². The molecule has 1 rings (SSSR count). The summed E-state index contributed by atoms with van der Waals surface area (Å²) < 4.78 is 1.27. The molecule has 0 aromatic heterocycles. The van der Waals surface area contributed by atoms with Crippen LogP contribution in [-0.2, 0) is 11.3 Å². The molecule has 4 nitrogen and oxygen atoms in total. The van der Waals surface area contributed by atoms with Gasteiger partial charge in [0.2, 0.25) is 5.91 Å². The number of aromatic hydroxyl groups is 1. The minimum atomic E-state index is -0.0237. The number of nitrogens with zero attached hydrogens (tertiary/aromatic N) is 1. The van der Waals surface area contributed by atoms with Crippen LogP contribution in [0.5, 0.6) is 5.75 Å².